The van der Waals surface area contributed by atoms with E-state index in [1.807, 2.05) is 23.9 Å². The SMILES string of the molecule is Cl.Clc1ccc(CSc2c(Cl)ccc3c2CCNCC3)s1. The van der Waals surface area contributed by atoms with Crippen molar-refractivity contribution in [3.8, 4) is 0 Å². The first-order valence-corrected chi connectivity index (χ1v) is 9.18. The highest BCUT2D eigenvalue weighted by atomic mass is 35.5. The Morgan fingerprint density at radius 2 is 1.90 bits per heavy atom. The lowest BCUT2D eigenvalue weighted by atomic mass is 10.0. The Morgan fingerprint density at radius 1 is 1.10 bits per heavy atom. The van der Waals surface area contributed by atoms with Crippen LogP contribution in [-0.2, 0) is 18.6 Å². The van der Waals surface area contributed by atoms with Gasteiger partial charge in [0.2, 0.25) is 0 Å². The largest absolute Gasteiger partial charge is 0.316 e. The van der Waals surface area contributed by atoms with Gasteiger partial charge in [0, 0.05) is 15.5 Å². The Morgan fingerprint density at radius 3 is 2.67 bits per heavy atom. The quantitative estimate of drug-likeness (QED) is 0.710. The van der Waals surface area contributed by atoms with Crippen molar-refractivity contribution in [2.45, 2.75) is 23.5 Å². The molecule has 0 spiro atoms. The molecule has 0 unspecified atom stereocenters. The highest BCUT2D eigenvalue weighted by Crippen LogP contribution is 2.37. The monoisotopic (exact) mass is 379 g/mol. The Hall–Kier alpha value is 0.1000. The Balaban J connectivity index is 0.00000161. The highest BCUT2D eigenvalue weighted by Gasteiger charge is 2.15. The van der Waals surface area contributed by atoms with Crippen molar-refractivity contribution in [2.24, 2.45) is 0 Å². The molecule has 2 aromatic rings. The molecule has 2 heterocycles. The third-order valence-corrected chi connectivity index (χ3v) is 6.47. The van der Waals surface area contributed by atoms with Gasteiger partial charge < -0.3 is 5.32 Å². The maximum absolute atomic E-state index is 6.42. The molecule has 0 aliphatic carbocycles. The second kappa shape index (κ2) is 8.09. The molecule has 3 rings (SSSR count). The van der Waals surface area contributed by atoms with Crippen LogP contribution in [0.15, 0.2) is 29.2 Å². The van der Waals surface area contributed by atoms with E-state index in [9.17, 15) is 0 Å². The molecule has 6 heteroatoms. The van der Waals surface area contributed by atoms with Crippen LogP contribution in [0, 0.1) is 0 Å². The number of hydrogen-bond acceptors (Lipinski definition) is 3. The molecule has 21 heavy (non-hydrogen) atoms. The number of thiophene rings is 1. The van der Waals surface area contributed by atoms with Gasteiger partial charge in [-0.15, -0.1) is 35.5 Å². The summed E-state index contributed by atoms with van der Waals surface area (Å²) in [6.07, 6.45) is 2.15. The average Bonchev–Trinajstić information content (AvgIpc) is 2.71. The van der Waals surface area contributed by atoms with Crippen LogP contribution in [-0.4, -0.2) is 13.1 Å². The summed E-state index contributed by atoms with van der Waals surface area (Å²) in [6, 6.07) is 8.27. The topological polar surface area (TPSA) is 12.0 Å². The molecule has 1 aliphatic heterocycles. The van der Waals surface area contributed by atoms with Crippen LogP contribution in [0.3, 0.4) is 0 Å². The molecule has 1 nitrogen and oxygen atoms in total. The van der Waals surface area contributed by atoms with Gasteiger partial charge in [0.05, 0.1) is 9.36 Å². The fourth-order valence-corrected chi connectivity index (χ4v) is 5.07. The lowest BCUT2D eigenvalue weighted by molar-refractivity contribution is 0.709. The van der Waals surface area contributed by atoms with E-state index >= 15 is 0 Å². The lowest BCUT2D eigenvalue weighted by Gasteiger charge is -2.13. The third-order valence-electron chi connectivity index (χ3n) is 3.42. The zero-order valence-corrected chi connectivity index (χ0v) is 15.3. The minimum atomic E-state index is 0. The van der Waals surface area contributed by atoms with Gasteiger partial charge in [-0.1, -0.05) is 29.3 Å². The summed E-state index contributed by atoms with van der Waals surface area (Å²) < 4.78 is 0.850. The van der Waals surface area contributed by atoms with Crippen molar-refractivity contribution in [1.82, 2.24) is 5.32 Å². The van der Waals surface area contributed by atoms with Crippen LogP contribution in [0.4, 0.5) is 0 Å². The van der Waals surface area contributed by atoms with Crippen molar-refractivity contribution in [2.75, 3.05) is 13.1 Å². The van der Waals surface area contributed by atoms with Gasteiger partial charge in [-0.25, -0.2) is 0 Å². The van der Waals surface area contributed by atoms with Gasteiger partial charge in [-0.05, 0) is 55.3 Å². The van der Waals surface area contributed by atoms with E-state index in [1.54, 1.807) is 11.3 Å². The van der Waals surface area contributed by atoms with E-state index in [4.69, 9.17) is 23.2 Å². The van der Waals surface area contributed by atoms with Crippen molar-refractivity contribution >= 4 is 58.7 Å². The van der Waals surface area contributed by atoms with Gasteiger partial charge in [0.1, 0.15) is 0 Å². The molecule has 114 valence electrons. The van der Waals surface area contributed by atoms with E-state index in [0.717, 1.165) is 41.0 Å². The molecule has 0 atom stereocenters. The van der Waals surface area contributed by atoms with Crippen LogP contribution in [0.5, 0.6) is 0 Å². The molecule has 1 aromatic heterocycles. The predicted octanol–water partition coefficient (Wildman–Crippen LogP) is 5.46. The molecule has 0 saturated heterocycles. The van der Waals surface area contributed by atoms with E-state index in [2.05, 4.69) is 17.4 Å². The number of thioether (sulfide) groups is 1. The summed E-state index contributed by atoms with van der Waals surface area (Å²) in [7, 11) is 0. The summed E-state index contributed by atoms with van der Waals surface area (Å²) >= 11 is 15.9. The van der Waals surface area contributed by atoms with Gasteiger partial charge in [-0.2, -0.15) is 0 Å². The highest BCUT2D eigenvalue weighted by molar-refractivity contribution is 7.98. The number of halogens is 3. The summed E-state index contributed by atoms with van der Waals surface area (Å²) in [5, 5.41) is 4.32. The maximum atomic E-state index is 6.42. The molecule has 0 amide bonds. The number of hydrogen-bond donors (Lipinski definition) is 1. The van der Waals surface area contributed by atoms with Crippen LogP contribution in [0.1, 0.15) is 16.0 Å². The van der Waals surface area contributed by atoms with Crippen LogP contribution < -0.4 is 5.32 Å². The lowest BCUT2D eigenvalue weighted by Crippen LogP contribution is -2.16. The van der Waals surface area contributed by atoms with Crippen LogP contribution in [0.2, 0.25) is 9.36 Å². The first kappa shape index (κ1) is 17.5. The van der Waals surface area contributed by atoms with Crippen molar-refractivity contribution < 1.29 is 0 Å². The summed E-state index contributed by atoms with van der Waals surface area (Å²) in [6.45, 7) is 2.09. The van der Waals surface area contributed by atoms with E-state index in [0.29, 0.717) is 0 Å². The van der Waals surface area contributed by atoms with Gasteiger partial charge in [0.15, 0.2) is 0 Å². The molecule has 0 fully saturated rings. The molecule has 1 aliphatic rings. The first-order valence-electron chi connectivity index (χ1n) is 6.62. The standard InChI is InChI=1S/C15H15Cl2NS2.ClH/c16-13-3-1-10-5-7-18-8-6-12(10)15(13)19-9-11-2-4-14(17)20-11;/h1-4,18H,5-9H2;1H. The predicted molar refractivity (Wildman–Crippen MR) is 97.9 cm³/mol. The van der Waals surface area contributed by atoms with E-state index < -0.39 is 0 Å². The molecular formula is C15H16Cl3NS2. The van der Waals surface area contributed by atoms with Crippen molar-refractivity contribution in [3.05, 3.63) is 49.6 Å². The molecule has 1 N–H and O–H groups in total. The molecular weight excluding hydrogens is 365 g/mol. The van der Waals surface area contributed by atoms with Crippen LogP contribution >= 0.6 is 58.7 Å². The average molecular weight is 381 g/mol. The maximum Gasteiger partial charge on any atom is 0.0931 e. The number of rotatable bonds is 3. The molecule has 0 saturated carbocycles. The van der Waals surface area contributed by atoms with E-state index in [-0.39, 0.29) is 12.4 Å². The zero-order chi connectivity index (χ0) is 13.9. The Kier molecular flexibility index (Phi) is 6.73. The van der Waals surface area contributed by atoms with Crippen molar-refractivity contribution in [1.29, 1.82) is 0 Å². The molecule has 0 bridgehead atoms. The molecule has 0 radical (unpaired) electrons. The number of benzene rings is 1. The summed E-state index contributed by atoms with van der Waals surface area (Å²) in [5.74, 6) is 0.932. The molecule has 1 aromatic carbocycles. The van der Waals surface area contributed by atoms with Crippen molar-refractivity contribution in [3.63, 3.8) is 0 Å². The Bertz CT molecular complexity index is 613. The van der Waals surface area contributed by atoms with Gasteiger partial charge in [0.25, 0.3) is 0 Å². The van der Waals surface area contributed by atoms with E-state index in [1.165, 1.54) is 20.9 Å². The second-order valence-corrected chi connectivity index (χ2v) is 7.95. The summed E-state index contributed by atoms with van der Waals surface area (Å²) in [4.78, 5) is 2.54. The fourth-order valence-electron chi connectivity index (χ4n) is 2.44. The van der Waals surface area contributed by atoms with Gasteiger partial charge in [-0.3, -0.25) is 0 Å². The number of nitrogens with one attached hydrogen (secondary N) is 1. The minimum Gasteiger partial charge on any atom is -0.316 e. The summed E-state index contributed by atoms with van der Waals surface area (Å²) in [5.41, 5.74) is 2.86. The third kappa shape index (κ3) is 4.31. The second-order valence-electron chi connectivity index (χ2n) is 4.76. The zero-order valence-electron chi connectivity index (χ0n) is 11.3. The normalized spacial score (nSPS) is 14.2. The smallest absolute Gasteiger partial charge is 0.0931 e. The fraction of sp³-hybridized carbons (Fsp3) is 0.333. The number of fused-ring (bicyclic) bond motifs is 1. The van der Waals surface area contributed by atoms with Crippen LogP contribution in [0.25, 0.3) is 0 Å². The first-order chi connectivity index (χ1) is 9.74. The Labute approximate surface area is 149 Å². The minimum absolute atomic E-state index is 0. The van der Waals surface area contributed by atoms with Gasteiger partial charge >= 0.3 is 0 Å².